The van der Waals surface area contributed by atoms with E-state index in [1.165, 1.54) is 30.7 Å². The summed E-state index contributed by atoms with van der Waals surface area (Å²) >= 11 is 1.15. The molecule has 1 N–H and O–H groups in total. The molecule has 180 valence electrons. The van der Waals surface area contributed by atoms with Crippen LogP contribution in [0.15, 0.2) is 53.7 Å². The van der Waals surface area contributed by atoms with E-state index in [2.05, 4.69) is 20.4 Å². The minimum Gasteiger partial charge on any atom is -0.325 e. The quantitative estimate of drug-likeness (QED) is 0.365. The van der Waals surface area contributed by atoms with Crippen LogP contribution in [0.4, 0.5) is 23.2 Å². The lowest BCUT2D eigenvalue weighted by molar-refractivity contribution is -0.137. The Morgan fingerprint density at radius 2 is 1.65 bits per heavy atom. The maximum Gasteiger partial charge on any atom is 0.416 e. The highest BCUT2D eigenvalue weighted by Gasteiger charge is 2.30. The number of halogens is 4. The first-order valence-electron chi connectivity index (χ1n) is 10.8. The summed E-state index contributed by atoms with van der Waals surface area (Å²) in [5.41, 5.74) is 0.168. The van der Waals surface area contributed by atoms with Gasteiger partial charge in [-0.25, -0.2) is 4.39 Å². The summed E-state index contributed by atoms with van der Waals surface area (Å²) in [4.78, 5) is 14.7. The van der Waals surface area contributed by atoms with Gasteiger partial charge in [0.05, 0.1) is 17.9 Å². The van der Waals surface area contributed by atoms with E-state index < -0.39 is 17.6 Å². The molecule has 2 aromatic carbocycles. The van der Waals surface area contributed by atoms with Crippen LogP contribution < -0.4 is 5.32 Å². The first-order valence-corrected chi connectivity index (χ1v) is 11.8. The Labute approximate surface area is 198 Å². The normalized spacial score (nSPS) is 14.8. The van der Waals surface area contributed by atoms with Crippen molar-refractivity contribution in [2.75, 3.05) is 24.2 Å². The maximum absolute atomic E-state index is 13.5. The Hall–Kier alpha value is -2.92. The monoisotopic (exact) mass is 493 g/mol. The Bertz CT molecular complexity index is 1110. The van der Waals surface area contributed by atoms with Crippen molar-refractivity contribution in [2.45, 2.75) is 37.1 Å². The summed E-state index contributed by atoms with van der Waals surface area (Å²) in [6.07, 6.45) is -0.988. The number of alkyl halides is 3. The van der Waals surface area contributed by atoms with E-state index in [9.17, 15) is 22.4 Å². The second-order valence-corrected chi connectivity index (χ2v) is 8.90. The van der Waals surface area contributed by atoms with Crippen molar-refractivity contribution in [1.29, 1.82) is 0 Å². The van der Waals surface area contributed by atoms with E-state index >= 15 is 0 Å². The molecular formula is C23H23F4N5OS. The Morgan fingerprint density at radius 1 is 0.971 bits per heavy atom. The van der Waals surface area contributed by atoms with E-state index in [0.717, 1.165) is 49.8 Å². The molecule has 34 heavy (non-hydrogen) atoms. The number of aromatic nitrogens is 3. The summed E-state index contributed by atoms with van der Waals surface area (Å²) in [5.74, 6) is -0.0842. The van der Waals surface area contributed by atoms with Gasteiger partial charge >= 0.3 is 6.18 Å². The largest absolute Gasteiger partial charge is 0.416 e. The van der Waals surface area contributed by atoms with E-state index in [0.29, 0.717) is 23.2 Å². The SMILES string of the molecule is O=C(CSc1nnc(CN2CCCCC2)n1-c1ccc(F)cc1)Nc1ccc(C(F)(F)F)cc1. The van der Waals surface area contributed by atoms with Gasteiger partial charge < -0.3 is 5.32 Å². The molecule has 1 aromatic heterocycles. The van der Waals surface area contributed by atoms with Crippen molar-refractivity contribution in [3.8, 4) is 5.69 Å². The predicted molar refractivity (Wildman–Crippen MR) is 121 cm³/mol. The number of nitrogens with one attached hydrogen (secondary N) is 1. The molecule has 11 heteroatoms. The number of piperidine rings is 1. The number of anilines is 1. The van der Waals surface area contributed by atoms with E-state index in [1.807, 2.05) is 4.57 Å². The fraction of sp³-hybridized carbons (Fsp3) is 0.348. The maximum atomic E-state index is 13.5. The molecule has 1 aliphatic heterocycles. The van der Waals surface area contributed by atoms with Crippen LogP contribution in [0.3, 0.4) is 0 Å². The topological polar surface area (TPSA) is 63.1 Å². The summed E-state index contributed by atoms with van der Waals surface area (Å²) in [7, 11) is 0. The van der Waals surface area contributed by atoms with Crippen molar-refractivity contribution in [1.82, 2.24) is 19.7 Å². The van der Waals surface area contributed by atoms with Crippen LogP contribution in [-0.2, 0) is 17.5 Å². The number of carbonyl (C=O) groups is 1. The highest BCUT2D eigenvalue weighted by Crippen LogP contribution is 2.30. The van der Waals surface area contributed by atoms with Crippen molar-refractivity contribution < 1.29 is 22.4 Å². The highest BCUT2D eigenvalue weighted by atomic mass is 32.2. The summed E-state index contributed by atoms with van der Waals surface area (Å²) in [6.45, 7) is 2.52. The number of hydrogen-bond donors (Lipinski definition) is 1. The highest BCUT2D eigenvalue weighted by molar-refractivity contribution is 7.99. The second-order valence-electron chi connectivity index (χ2n) is 7.96. The number of carbonyl (C=O) groups excluding carboxylic acids is 1. The molecule has 1 aliphatic rings. The van der Waals surface area contributed by atoms with Crippen molar-refractivity contribution in [3.63, 3.8) is 0 Å². The van der Waals surface area contributed by atoms with Gasteiger partial charge in [0.1, 0.15) is 5.82 Å². The fourth-order valence-corrected chi connectivity index (χ4v) is 4.50. The van der Waals surface area contributed by atoms with Crippen LogP contribution in [0.25, 0.3) is 5.69 Å². The van der Waals surface area contributed by atoms with E-state index in [1.54, 1.807) is 12.1 Å². The standard InChI is InChI=1S/C23H23F4N5OS/c24-17-6-10-19(11-7-17)32-20(14-31-12-2-1-3-13-31)29-30-22(32)34-15-21(33)28-18-8-4-16(5-9-18)23(25,26)27/h4-11H,1-3,12-15H2,(H,28,33). The van der Waals surface area contributed by atoms with Gasteiger partial charge in [-0.2, -0.15) is 13.2 Å². The third-order valence-electron chi connectivity index (χ3n) is 5.43. The number of nitrogens with zero attached hydrogens (tertiary/aromatic N) is 4. The van der Waals surface area contributed by atoms with E-state index in [-0.39, 0.29) is 17.3 Å². The average Bonchev–Trinajstić information content (AvgIpc) is 3.21. The van der Waals surface area contributed by atoms with Gasteiger partial charge in [0.15, 0.2) is 11.0 Å². The average molecular weight is 494 g/mol. The van der Waals surface area contributed by atoms with Crippen LogP contribution in [0.1, 0.15) is 30.7 Å². The van der Waals surface area contributed by atoms with Crippen LogP contribution in [0, 0.1) is 5.82 Å². The molecule has 6 nitrogen and oxygen atoms in total. The number of thioether (sulfide) groups is 1. The molecule has 4 rings (SSSR count). The molecule has 0 atom stereocenters. The minimum atomic E-state index is -4.44. The fourth-order valence-electron chi connectivity index (χ4n) is 3.73. The van der Waals surface area contributed by atoms with Gasteiger partial charge in [0.25, 0.3) is 0 Å². The zero-order chi connectivity index (χ0) is 24.1. The number of amides is 1. The molecule has 0 saturated carbocycles. The third-order valence-corrected chi connectivity index (χ3v) is 6.36. The van der Waals surface area contributed by atoms with Gasteiger partial charge in [0.2, 0.25) is 5.91 Å². The number of rotatable bonds is 7. The molecule has 2 heterocycles. The lowest BCUT2D eigenvalue weighted by Crippen LogP contribution is -2.30. The molecule has 1 fully saturated rings. The number of benzene rings is 2. The summed E-state index contributed by atoms with van der Waals surface area (Å²) in [5, 5.41) is 11.6. The van der Waals surface area contributed by atoms with Gasteiger partial charge in [-0.15, -0.1) is 10.2 Å². The summed E-state index contributed by atoms with van der Waals surface area (Å²) < 4.78 is 53.4. The Balaban J connectivity index is 1.46. The van der Waals surface area contributed by atoms with Crippen molar-refractivity contribution in [3.05, 3.63) is 65.7 Å². The zero-order valence-electron chi connectivity index (χ0n) is 18.2. The van der Waals surface area contributed by atoms with Crippen molar-refractivity contribution >= 4 is 23.4 Å². The Kier molecular flexibility index (Phi) is 7.52. The molecule has 0 unspecified atom stereocenters. The van der Waals surface area contributed by atoms with Crippen LogP contribution in [0.5, 0.6) is 0 Å². The molecule has 0 bridgehead atoms. The Morgan fingerprint density at radius 3 is 2.29 bits per heavy atom. The van der Waals surface area contributed by atoms with E-state index in [4.69, 9.17) is 0 Å². The molecule has 1 saturated heterocycles. The third kappa shape index (κ3) is 6.15. The molecule has 1 amide bonds. The predicted octanol–water partition coefficient (Wildman–Crippen LogP) is 5.14. The number of likely N-dealkylation sites (tertiary alicyclic amines) is 1. The molecule has 0 spiro atoms. The molecular weight excluding hydrogens is 470 g/mol. The number of hydrogen-bond acceptors (Lipinski definition) is 5. The smallest absolute Gasteiger partial charge is 0.325 e. The van der Waals surface area contributed by atoms with Crippen LogP contribution in [-0.4, -0.2) is 44.4 Å². The summed E-state index contributed by atoms with van der Waals surface area (Å²) in [6, 6.07) is 10.2. The lowest BCUT2D eigenvalue weighted by Gasteiger charge is -2.26. The lowest BCUT2D eigenvalue weighted by atomic mass is 10.1. The van der Waals surface area contributed by atoms with Crippen molar-refractivity contribution in [2.24, 2.45) is 0 Å². The van der Waals surface area contributed by atoms with Gasteiger partial charge in [-0.1, -0.05) is 18.2 Å². The van der Waals surface area contributed by atoms with Crippen LogP contribution in [0.2, 0.25) is 0 Å². The second kappa shape index (κ2) is 10.6. The first kappa shape index (κ1) is 24.2. The first-order chi connectivity index (χ1) is 16.3. The van der Waals surface area contributed by atoms with Gasteiger partial charge in [-0.3, -0.25) is 14.3 Å². The molecule has 0 radical (unpaired) electrons. The van der Waals surface area contributed by atoms with Crippen LogP contribution >= 0.6 is 11.8 Å². The van der Waals surface area contributed by atoms with Gasteiger partial charge in [0, 0.05) is 11.4 Å². The van der Waals surface area contributed by atoms with Gasteiger partial charge in [-0.05, 0) is 74.5 Å². The molecule has 0 aliphatic carbocycles. The zero-order valence-corrected chi connectivity index (χ0v) is 19.0. The minimum absolute atomic E-state index is 0.0237. The molecule has 3 aromatic rings.